The number of ether oxygens (including phenoxy) is 3. The Bertz CT molecular complexity index is 1100. The highest BCUT2D eigenvalue weighted by Crippen LogP contribution is 2.31. The number of carbonyl (C=O) groups excluding carboxylic acids is 1. The van der Waals surface area contributed by atoms with Crippen molar-refractivity contribution in [3.05, 3.63) is 59.4 Å². The SMILES string of the molecule is CCc1ccc(OCc2nnc(SCC(=O)c3ccc4c(c3)OCCO4)n2CC(C)C)cc1. The summed E-state index contributed by atoms with van der Waals surface area (Å²) in [4.78, 5) is 12.8. The zero-order valence-electron chi connectivity index (χ0n) is 19.2. The first kappa shape index (κ1) is 23.2. The van der Waals surface area contributed by atoms with E-state index in [-0.39, 0.29) is 11.5 Å². The van der Waals surface area contributed by atoms with Crippen LogP contribution in [0.5, 0.6) is 17.2 Å². The summed E-state index contributed by atoms with van der Waals surface area (Å²) in [6.45, 7) is 8.50. The standard InChI is InChI=1S/C25H29N3O4S/c1-4-18-5-8-20(9-6-18)32-15-24-26-27-25(28(24)14-17(2)3)33-16-21(29)19-7-10-22-23(13-19)31-12-11-30-22/h5-10,13,17H,4,11-12,14-16H2,1-3H3. The maximum atomic E-state index is 12.8. The van der Waals surface area contributed by atoms with Gasteiger partial charge in [0, 0.05) is 12.1 Å². The molecule has 1 aliphatic rings. The quantitative estimate of drug-likeness (QED) is 0.312. The Kier molecular flexibility index (Phi) is 7.54. The molecule has 0 saturated heterocycles. The van der Waals surface area contributed by atoms with Gasteiger partial charge in [0.1, 0.15) is 25.6 Å². The van der Waals surface area contributed by atoms with E-state index in [0.29, 0.717) is 42.8 Å². The van der Waals surface area contributed by atoms with Gasteiger partial charge in [-0.2, -0.15) is 0 Å². The van der Waals surface area contributed by atoms with Gasteiger partial charge in [-0.25, -0.2) is 0 Å². The normalized spacial score (nSPS) is 12.7. The van der Waals surface area contributed by atoms with Crippen LogP contribution in [0, 0.1) is 5.92 Å². The fourth-order valence-electron chi connectivity index (χ4n) is 3.48. The summed E-state index contributed by atoms with van der Waals surface area (Å²) in [6, 6.07) is 13.4. The molecule has 0 saturated carbocycles. The lowest BCUT2D eigenvalue weighted by Crippen LogP contribution is -2.16. The number of carbonyl (C=O) groups is 1. The van der Waals surface area contributed by atoms with Gasteiger partial charge in [0.2, 0.25) is 0 Å². The highest BCUT2D eigenvalue weighted by atomic mass is 32.2. The predicted molar refractivity (Wildman–Crippen MR) is 127 cm³/mol. The van der Waals surface area contributed by atoms with Crippen molar-refractivity contribution < 1.29 is 19.0 Å². The highest BCUT2D eigenvalue weighted by Gasteiger charge is 2.18. The molecule has 174 valence electrons. The van der Waals surface area contributed by atoms with Gasteiger partial charge < -0.3 is 18.8 Å². The van der Waals surface area contributed by atoms with Crippen LogP contribution >= 0.6 is 11.8 Å². The van der Waals surface area contributed by atoms with Crippen molar-refractivity contribution in [3.63, 3.8) is 0 Å². The third-order valence-electron chi connectivity index (χ3n) is 5.24. The van der Waals surface area contributed by atoms with E-state index < -0.39 is 0 Å². The zero-order chi connectivity index (χ0) is 23.2. The number of hydrogen-bond acceptors (Lipinski definition) is 7. The summed E-state index contributed by atoms with van der Waals surface area (Å²) >= 11 is 1.39. The van der Waals surface area contributed by atoms with Crippen LogP contribution in [0.3, 0.4) is 0 Å². The molecule has 2 heterocycles. The number of benzene rings is 2. The molecule has 0 spiro atoms. The molecule has 0 fully saturated rings. The summed E-state index contributed by atoms with van der Waals surface area (Å²) in [5, 5.41) is 9.41. The molecule has 0 radical (unpaired) electrons. The minimum absolute atomic E-state index is 0.00452. The van der Waals surface area contributed by atoms with E-state index in [0.717, 1.165) is 29.7 Å². The number of hydrogen-bond donors (Lipinski definition) is 0. The predicted octanol–water partition coefficient (Wildman–Crippen LogP) is 4.82. The fraction of sp³-hybridized carbons (Fsp3) is 0.400. The van der Waals surface area contributed by atoms with E-state index in [4.69, 9.17) is 14.2 Å². The largest absolute Gasteiger partial charge is 0.486 e. The van der Waals surface area contributed by atoms with Crippen molar-refractivity contribution in [2.45, 2.75) is 45.5 Å². The van der Waals surface area contributed by atoms with Crippen LogP contribution in [-0.2, 0) is 19.6 Å². The summed E-state index contributed by atoms with van der Waals surface area (Å²) in [7, 11) is 0. The van der Waals surface area contributed by atoms with E-state index in [1.807, 2.05) is 16.7 Å². The first-order valence-electron chi connectivity index (χ1n) is 11.2. The van der Waals surface area contributed by atoms with E-state index in [1.165, 1.54) is 17.3 Å². The van der Waals surface area contributed by atoms with Crippen molar-refractivity contribution >= 4 is 17.5 Å². The van der Waals surface area contributed by atoms with Crippen LogP contribution in [0.15, 0.2) is 47.6 Å². The van der Waals surface area contributed by atoms with Gasteiger partial charge in [0.15, 0.2) is 28.3 Å². The molecule has 3 aromatic rings. The van der Waals surface area contributed by atoms with E-state index in [2.05, 4.69) is 43.1 Å². The molecule has 0 unspecified atom stereocenters. The number of thioether (sulfide) groups is 1. The van der Waals surface area contributed by atoms with Gasteiger partial charge in [0.25, 0.3) is 0 Å². The molecule has 1 aliphatic heterocycles. The summed E-state index contributed by atoms with van der Waals surface area (Å²) in [5.41, 5.74) is 1.87. The molecule has 0 bridgehead atoms. The average Bonchev–Trinajstić information content (AvgIpc) is 3.21. The Hall–Kier alpha value is -3.00. The number of ketones is 1. The topological polar surface area (TPSA) is 75.5 Å². The molecular weight excluding hydrogens is 438 g/mol. The number of aromatic nitrogens is 3. The Morgan fingerprint density at radius 3 is 2.58 bits per heavy atom. The smallest absolute Gasteiger partial charge is 0.191 e. The number of rotatable bonds is 10. The Morgan fingerprint density at radius 1 is 1.09 bits per heavy atom. The van der Waals surface area contributed by atoms with E-state index in [9.17, 15) is 4.79 Å². The van der Waals surface area contributed by atoms with Crippen molar-refractivity contribution in [1.82, 2.24) is 14.8 Å². The lowest BCUT2D eigenvalue weighted by Gasteiger charge is -2.18. The van der Waals surface area contributed by atoms with Crippen molar-refractivity contribution in [1.29, 1.82) is 0 Å². The van der Waals surface area contributed by atoms with Gasteiger partial charge in [-0.3, -0.25) is 4.79 Å². The van der Waals surface area contributed by atoms with E-state index in [1.54, 1.807) is 18.2 Å². The lowest BCUT2D eigenvalue weighted by atomic mass is 10.1. The summed E-state index contributed by atoms with van der Waals surface area (Å²) in [5.74, 6) is 3.51. The molecule has 1 aromatic heterocycles. The van der Waals surface area contributed by atoms with Crippen molar-refractivity contribution in [2.75, 3.05) is 19.0 Å². The number of aryl methyl sites for hydroxylation is 1. The van der Waals surface area contributed by atoms with Crippen LogP contribution < -0.4 is 14.2 Å². The zero-order valence-corrected chi connectivity index (χ0v) is 20.1. The van der Waals surface area contributed by atoms with Crippen LogP contribution in [-0.4, -0.2) is 39.5 Å². The maximum Gasteiger partial charge on any atom is 0.191 e. The molecule has 0 N–H and O–H groups in total. The van der Waals surface area contributed by atoms with Crippen molar-refractivity contribution in [3.8, 4) is 17.2 Å². The fourth-order valence-corrected chi connectivity index (χ4v) is 4.34. The lowest BCUT2D eigenvalue weighted by molar-refractivity contribution is 0.102. The first-order valence-corrected chi connectivity index (χ1v) is 12.2. The molecule has 4 rings (SSSR count). The molecule has 33 heavy (non-hydrogen) atoms. The van der Waals surface area contributed by atoms with Crippen LogP contribution in [0.2, 0.25) is 0 Å². The second-order valence-electron chi connectivity index (χ2n) is 8.26. The van der Waals surface area contributed by atoms with Gasteiger partial charge >= 0.3 is 0 Å². The third kappa shape index (κ3) is 5.87. The minimum Gasteiger partial charge on any atom is -0.486 e. The number of fused-ring (bicyclic) bond motifs is 1. The minimum atomic E-state index is 0.00452. The Balaban J connectivity index is 1.42. The Labute approximate surface area is 198 Å². The molecule has 8 heteroatoms. The van der Waals surface area contributed by atoms with Gasteiger partial charge in [0.05, 0.1) is 5.75 Å². The van der Waals surface area contributed by atoms with Gasteiger partial charge in [-0.05, 0) is 48.2 Å². The third-order valence-corrected chi connectivity index (χ3v) is 6.20. The van der Waals surface area contributed by atoms with Crippen LogP contribution in [0.4, 0.5) is 0 Å². The number of nitrogens with zero attached hydrogens (tertiary/aromatic N) is 3. The maximum absolute atomic E-state index is 12.8. The molecule has 7 nitrogen and oxygen atoms in total. The van der Waals surface area contributed by atoms with Gasteiger partial charge in [-0.15, -0.1) is 10.2 Å². The van der Waals surface area contributed by atoms with Crippen LogP contribution in [0.25, 0.3) is 0 Å². The monoisotopic (exact) mass is 467 g/mol. The first-order chi connectivity index (χ1) is 16.0. The Morgan fingerprint density at radius 2 is 1.85 bits per heavy atom. The number of Topliss-reactive ketones (excluding diaryl/α,β-unsaturated/α-hetero) is 1. The average molecular weight is 468 g/mol. The second kappa shape index (κ2) is 10.7. The molecule has 2 aromatic carbocycles. The van der Waals surface area contributed by atoms with E-state index >= 15 is 0 Å². The molecule has 0 amide bonds. The molecule has 0 aliphatic carbocycles. The summed E-state index contributed by atoms with van der Waals surface area (Å²) < 4.78 is 19.1. The highest BCUT2D eigenvalue weighted by molar-refractivity contribution is 7.99. The summed E-state index contributed by atoms with van der Waals surface area (Å²) in [6.07, 6.45) is 0.995. The van der Waals surface area contributed by atoms with Crippen molar-refractivity contribution in [2.24, 2.45) is 5.92 Å². The molecule has 0 atom stereocenters. The molecular formula is C25H29N3O4S. The second-order valence-corrected chi connectivity index (χ2v) is 9.20. The van der Waals surface area contributed by atoms with Crippen LogP contribution in [0.1, 0.15) is 42.5 Å². The van der Waals surface area contributed by atoms with Gasteiger partial charge in [-0.1, -0.05) is 44.7 Å².